The highest BCUT2D eigenvalue weighted by molar-refractivity contribution is 5.90. The topological polar surface area (TPSA) is 58.6 Å². The lowest BCUT2D eigenvalue weighted by Crippen LogP contribution is -2.48. The normalized spacial score (nSPS) is 32.3. The number of ether oxygens (including phenoxy) is 1. The van der Waals surface area contributed by atoms with Crippen LogP contribution < -0.4 is 5.32 Å². The number of rotatable bonds is 4. The molecule has 3 unspecified atom stereocenters. The first-order valence-electron chi connectivity index (χ1n) is 7.33. The lowest BCUT2D eigenvalue weighted by atomic mass is 10.1. The van der Waals surface area contributed by atoms with Gasteiger partial charge in [0.1, 0.15) is 6.04 Å². The Morgan fingerprint density at radius 2 is 2.21 bits per heavy atom. The molecule has 2 aliphatic rings. The standard InChI is InChI=1S/C14H24N2O3/c1-3-5-12-14(18)16(9-11-6-4-7-19-11)10(2)8-13(17)15-12/h10-12H,3-9H2,1-2H3,(H,15,17). The highest BCUT2D eigenvalue weighted by atomic mass is 16.5. The second-order valence-electron chi connectivity index (χ2n) is 5.59. The summed E-state index contributed by atoms with van der Waals surface area (Å²) in [6, 6.07) is -0.401. The number of carbonyl (C=O) groups is 2. The molecule has 0 aromatic carbocycles. The van der Waals surface area contributed by atoms with E-state index >= 15 is 0 Å². The van der Waals surface area contributed by atoms with Gasteiger partial charge in [0, 0.05) is 25.6 Å². The molecule has 5 heteroatoms. The predicted molar refractivity (Wildman–Crippen MR) is 71.6 cm³/mol. The number of hydrogen-bond acceptors (Lipinski definition) is 3. The molecule has 5 nitrogen and oxygen atoms in total. The smallest absolute Gasteiger partial charge is 0.245 e. The van der Waals surface area contributed by atoms with E-state index in [1.54, 1.807) is 0 Å². The van der Waals surface area contributed by atoms with E-state index in [0.717, 1.165) is 25.9 Å². The van der Waals surface area contributed by atoms with Crippen LogP contribution in [-0.2, 0) is 14.3 Å². The summed E-state index contributed by atoms with van der Waals surface area (Å²) in [5.41, 5.74) is 0. The molecule has 0 radical (unpaired) electrons. The van der Waals surface area contributed by atoms with Crippen LogP contribution in [-0.4, -0.2) is 48.1 Å². The number of hydrogen-bond donors (Lipinski definition) is 1. The maximum absolute atomic E-state index is 12.5. The van der Waals surface area contributed by atoms with Gasteiger partial charge in [-0.1, -0.05) is 13.3 Å². The molecule has 0 aromatic rings. The van der Waals surface area contributed by atoms with E-state index in [4.69, 9.17) is 4.74 Å². The maximum atomic E-state index is 12.5. The second kappa shape index (κ2) is 6.37. The van der Waals surface area contributed by atoms with Crippen LogP contribution in [0.4, 0.5) is 0 Å². The number of nitrogens with one attached hydrogen (secondary N) is 1. The Morgan fingerprint density at radius 3 is 2.84 bits per heavy atom. The lowest BCUT2D eigenvalue weighted by molar-refractivity contribution is -0.136. The van der Waals surface area contributed by atoms with Crippen molar-refractivity contribution in [1.82, 2.24) is 10.2 Å². The molecule has 1 N–H and O–H groups in total. The second-order valence-corrected chi connectivity index (χ2v) is 5.59. The number of amides is 2. The lowest BCUT2D eigenvalue weighted by Gasteiger charge is -2.30. The molecule has 0 aliphatic carbocycles. The average Bonchev–Trinajstić information content (AvgIpc) is 2.84. The Labute approximate surface area is 114 Å². The minimum absolute atomic E-state index is 0.0193. The van der Waals surface area contributed by atoms with E-state index in [2.05, 4.69) is 5.32 Å². The molecule has 0 bridgehead atoms. The van der Waals surface area contributed by atoms with Gasteiger partial charge in [0.2, 0.25) is 11.8 Å². The molecule has 2 aliphatic heterocycles. The van der Waals surface area contributed by atoms with E-state index in [9.17, 15) is 9.59 Å². The Kier molecular flexibility index (Phi) is 4.80. The Hall–Kier alpha value is -1.10. The Morgan fingerprint density at radius 1 is 1.42 bits per heavy atom. The predicted octanol–water partition coefficient (Wildman–Crippen LogP) is 1.07. The SMILES string of the molecule is CCCC1NC(=O)CC(C)N(CC2CCCO2)C1=O. The number of nitrogens with zero attached hydrogens (tertiary/aromatic N) is 1. The van der Waals surface area contributed by atoms with E-state index < -0.39 is 0 Å². The summed E-state index contributed by atoms with van der Waals surface area (Å²) < 4.78 is 5.62. The van der Waals surface area contributed by atoms with Gasteiger partial charge in [-0.15, -0.1) is 0 Å². The summed E-state index contributed by atoms with van der Waals surface area (Å²) in [7, 11) is 0. The molecule has 19 heavy (non-hydrogen) atoms. The minimum atomic E-state index is -0.358. The molecule has 108 valence electrons. The molecular formula is C14H24N2O3. The van der Waals surface area contributed by atoms with E-state index in [1.165, 1.54) is 0 Å². The van der Waals surface area contributed by atoms with Crippen LogP contribution in [0.3, 0.4) is 0 Å². The van der Waals surface area contributed by atoms with Gasteiger partial charge in [0.05, 0.1) is 6.10 Å². The fourth-order valence-corrected chi connectivity index (χ4v) is 2.87. The van der Waals surface area contributed by atoms with E-state index in [-0.39, 0.29) is 30.0 Å². The Bertz CT molecular complexity index is 340. The summed E-state index contributed by atoms with van der Waals surface area (Å²) in [5.74, 6) is 0.0323. The molecule has 2 fully saturated rings. The van der Waals surface area contributed by atoms with Crippen molar-refractivity contribution in [1.29, 1.82) is 0 Å². The third-order valence-electron chi connectivity index (χ3n) is 3.93. The van der Waals surface area contributed by atoms with Crippen molar-refractivity contribution in [2.75, 3.05) is 13.2 Å². The molecule has 3 atom stereocenters. The zero-order chi connectivity index (χ0) is 13.8. The third kappa shape index (κ3) is 3.47. The molecule has 2 rings (SSSR count). The summed E-state index contributed by atoms with van der Waals surface area (Å²) >= 11 is 0. The number of carbonyl (C=O) groups excluding carboxylic acids is 2. The zero-order valence-electron chi connectivity index (χ0n) is 11.9. The van der Waals surface area contributed by atoms with Gasteiger partial charge >= 0.3 is 0 Å². The van der Waals surface area contributed by atoms with Gasteiger partial charge in [-0.2, -0.15) is 0 Å². The van der Waals surface area contributed by atoms with Gasteiger partial charge in [0.15, 0.2) is 0 Å². The Balaban J connectivity index is 2.07. The molecule has 0 spiro atoms. The zero-order valence-corrected chi connectivity index (χ0v) is 11.9. The first kappa shape index (κ1) is 14.3. The summed E-state index contributed by atoms with van der Waals surface area (Å²) in [5, 5.41) is 2.84. The van der Waals surface area contributed by atoms with Crippen LogP contribution >= 0.6 is 0 Å². The largest absolute Gasteiger partial charge is 0.376 e. The monoisotopic (exact) mass is 268 g/mol. The molecular weight excluding hydrogens is 244 g/mol. The van der Waals surface area contributed by atoms with E-state index in [1.807, 2.05) is 18.7 Å². The highest BCUT2D eigenvalue weighted by Gasteiger charge is 2.35. The van der Waals surface area contributed by atoms with Crippen molar-refractivity contribution in [3.63, 3.8) is 0 Å². The first-order chi connectivity index (χ1) is 9.11. The maximum Gasteiger partial charge on any atom is 0.245 e. The van der Waals surface area contributed by atoms with Gasteiger partial charge in [-0.05, 0) is 26.2 Å². The molecule has 2 heterocycles. The van der Waals surface area contributed by atoms with Crippen molar-refractivity contribution < 1.29 is 14.3 Å². The van der Waals surface area contributed by atoms with Crippen molar-refractivity contribution in [3.05, 3.63) is 0 Å². The first-order valence-corrected chi connectivity index (χ1v) is 7.33. The molecule has 2 saturated heterocycles. The third-order valence-corrected chi connectivity index (χ3v) is 3.93. The van der Waals surface area contributed by atoms with Crippen molar-refractivity contribution in [2.24, 2.45) is 0 Å². The van der Waals surface area contributed by atoms with Crippen LogP contribution in [0.2, 0.25) is 0 Å². The van der Waals surface area contributed by atoms with Crippen molar-refractivity contribution in [2.45, 2.75) is 64.1 Å². The van der Waals surface area contributed by atoms with Crippen molar-refractivity contribution in [3.8, 4) is 0 Å². The summed E-state index contributed by atoms with van der Waals surface area (Å²) in [4.78, 5) is 26.2. The van der Waals surface area contributed by atoms with Crippen LogP contribution in [0.5, 0.6) is 0 Å². The molecule has 2 amide bonds. The fraction of sp³-hybridized carbons (Fsp3) is 0.857. The van der Waals surface area contributed by atoms with Gasteiger partial charge < -0.3 is 15.0 Å². The van der Waals surface area contributed by atoms with Crippen LogP contribution in [0.25, 0.3) is 0 Å². The van der Waals surface area contributed by atoms with Gasteiger partial charge in [-0.3, -0.25) is 9.59 Å². The minimum Gasteiger partial charge on any atom is -0.376 e. The van der Waals surface area contributed by atoms with Crippen LogP contribution in [0.1, 0.15) is 46.0 Å². The quantitative estimate of drug-likeness (QED) is 0.829. The summed E-state index contributed by atoms with van der Waals surface area (Å²) in [6.45, 7) is 5.38. The van der Waals surface area contributed by atoms with Crippen molar-refractivity contribution >= 4 is 11.8 Å². The molecule has 0 saturated carbocycles. The highest BCUT2D eigenvalue weighted by Crippen LogP contribution is 2.19. The molecule has 0 aromatic heterocycles. The van der Waals surface area contributed by atoms with Crippen LogP contribution in [0.15, 0.2) is 0 Å². The summed E-state index contributed by atoms with van der Waals surface area (Å²) in [6.07, 6.45) is 4.20. The fourth-order valence-electron chi connectivity index (χ4n) is 2.87. The van der Waals surface area contributed by atoms with Crippen LogP contribution in [0, 0.1) is 0 Å². The van der Waals surface area contributed by atoms with Gasteiger partial charge in [-0.25, -0.2) is 0 Å². The average molecular weight is 268 g/mol. The van der Waals surface area contributed by atoms with Gasteiger partial charge in [0.25, 0.3) is 0 Å². The van der Waals surface area contributed by atoms with E-state index in [0.29, 0.717) is 19.4 Å².